The van der Waals surface area contributed by atoms with Crippen LogP contribution in [0.1, 0.15) is 0 Å². The Hall–Kier alpha value is -3.76. The first-order valence-electron chi connectivity index (χ1n) is 9.94. The third-order valence-electron chi connectivity index (χ3n) is 4.95. The van der Waals surface area contributed by atoms with E-state index in [2.05, 4.69) is 19.0 Å². The molecule has 1 N–H and O–H groups in total. The maximum Gasteiger partial charge on any atom is 0.266 e. The number of hydrogen-bond acceptors (Lipinski definition) is 8. The quantitative estimate of drug-likeness (QED) is 0.291. The van der Waals surface area contributed by atoms with E-state index in [9.17, 15) is 9.59 Å². The van der Waals surface area contributed by atoms with Gasteiger partial charge in [0.2, 0.25) is 5.91 Å². The predicted molar refractivity (Wildman–Crippen MR) is 131 cm³/mol. The van der Waals surface area contributed by atoms with Gasteiger partial charge in [-0.2, -0.15) is 8.75 Å². The molecule has 2 aromatic heterocycles. The Bertz CT molecular complexity index is 1550. The summed E-state index contributed by atoms with van der Waals surface area (Å²) in [6, 6.07) is 19.8. The second-order valence-electron chi connectivity index (χ2n) is 7.03. The molecule has 8 nitrogen and oxygen atoms in total. The molecule has 0 atom stereocenters. The molecule has 5 aromatic rings. The Morgan fingerprint density at radius 3 is 2.76 bits per heavy atom. The van der Waals surface area contributed by atoms with Crippen LogP contribution < -0.4 is 15.6 Å². The maximum absolute atomic E-state index is 13.4. The zero-order chi connectivity index (χ0) is 22.8. The molecular formula is C23H17N5O3S2. The van der Waals surface area contributed by atoms with E-state index in [0.29, 0.717) is 38.7 Å². The summed E-state index contributed by atoms with van der Waals surface area (Å²) >= 11 is 2.28. The standard InChI is InChI=1S/C23H17N5O3S2/c1-31-15-7-4-6-14(12-15)28-22(30)16-8-2-3-9-17(16)25-23(28)32-13-20(29)24-18-10-5-11-19-21(18)27-33-26-19/h2-12H,13H2,1H3,(H,24,29). The molecule has 0 unspecified atom stereocenters. The van der Waals surface area contributed by atoms with Gasteiger partial charge in [0.1, 0.15) is 16.8 Å². The van der Waals surface area contributed by atoms with Crippen LogP contribution >= 0.6 is 23.5 Å². The van der Waals surface area contributed by atoms with E-state index in [1.165, 1.54) is 16.3 Å². The van der Waals surface area contributed by atoms with E-state index in [0.717, 1.165) is 17.2 Å². The molecule has 10 heteroatoms. The van der Waals surface area contributed by atoms with Gasteiger partial charge in [-0.1, -0.05) is 36.0 Å². The molecule has 0 aliphatic carbocycles. The van der Waals surface area contributed by atoms with E-state index in [1.54, 1.807) is 55.6 Å². The highest BCUT2D eigenvalue weighted by molar-refractivity contribution is 7.99. The number of benzene rings is 3. The SMILES string of the molecule is COc1cccc(-n2c(SCC(=O)Nc3cccc4nsnc34)nc3ccccc3c2=O)c1. The molecule has 33 heavy (non-hydrogen) atoms. The molecule has 164 valence electrons. The summed E-state index contributed by atoms with van der Waals surface area (Å²) in [5, 5.41) is 3.79. The van der Waals surface area contributed by atoms with Gasteiger partial charge in [0, 0.05) is 6.07 Å². The molecule has 0 radical (unpaired) electrons. The molecule has 1 amide bonds. The van der Waals surface area contributed by atoms with Crippen molar-refractivity contribution in [2.45, 2.75) is 5.16 Å². The summed E-state index contributed by atoms with van der Waals surface area (Å²) < 4.78 is 15.3. The number of methoxy groups -OCH3 is 1. The van der Waals surface area contributed by atoms with Crippen LogP contribution in [0.2, 0.25) is 0 Å². The molecule has 0 saturated heterocycles. The molecule has 0 saturated carbocycles. The van der Waals surface area contributed by atoms with E-state index < -0.39 is 0 Å². The molecule has 5 rings (SSSR count). The Balaban J connectivity index is 1.48. The van der Waals surface area contributed by atoms with Crippen molar-refractivity contribution >= 4 is 57.0 Å². The van der Waals surface area contributed by atoms with Gasteiger partial charge in [-0.3, -0.25) is 14.2 Å². The highest BCUT2D eigenvalue weighted by Gasteiger charge is 2.16. The number of nitrogens with zero attached hydrogens (tertiary/aromatic N) is 4. The lowest BCUT2D eigenvalue weighted by Gasteiger charge is -2.14. The second kappa shape index (κ2) is 9.00. The minimum atomic E-state index is -0.236. The second-order valence-corrected chi connectivity index (χ2v) is 8.50. The summed E-state index contributed by atoms with van der Waals surface area (Å²) in [5.74, 6) is 0.439. The number of amides is 1. The monoisotopic (exact) mass is 475 g/mol. The third-order valence-corrected chi connectivity index (χ3v) is 6.43. The fraction of sp³-hybridized carbons (Fsp3) is 0.0870. The largest absolute Gasteiger partial charge is 0.497 e. The summed E-state index contributed by atoms with van der Waals surface area (Å²) in [7, 11) is 1.57. The number of thioether (sulfide) groups is 1. The molecular weight excluding hydrogens is 458 g/mol. The summed E-state index contributed by atoms with van der Waals surface area (Å²) in [6.07, 6.45) is 0. The van der Waals surface area contributed by atoms with Gasteiger partial charge >= 0.3 is 0 Å². The van der Waals surface area contributed by atoms with Crippen LogP contribution in [0.25, 0.3) is 27.6 Å². The number of rotatable bonds is 6. The fourth-order valence-corrected chi connectivity index (χ4v) is 4.77. The first-order chi connectivity index (χ1) is 16.1. The van der Waals surface area contributed by atoms with E-state index in [-0.39, 0.29) is 17.2 Å². The average Bonchev–Trinajstić information content (AvgIpc) is 3.33. The zero-order valence-electron chi connectivity index (χ0n) is 17.4. The first-order valence-corrected chi connectivity index (χ1v) is 11.7. The smallest absolute Gasteiger partial charge is 0.266 e. The van der Waals surface area contributed by atoms with Crippen LogP contribution in [-0.2, 0) is 4.79 Å². The van der Waals surface area contributed by atoms with Crippen molar-refractivity contribution in [1.29, 1.82) is 0 Å². The average molecular weight is 476 g/mol. The number of carbonyl (C=O) groups excluding carboxylic acids is 1. The van der Waals surface area contributed by atoms with Crippen LogP contribution in [0, 0.1) is 0 Å². The van der Waals surface area contributed by atoms with Crippen molar-refractivity contribution in [2.75, 3.05) is 18.2 Å². The van der Waals surface area contributed by atoms with Crippen LogP contribution in [0.5, 0.6) is 5.75 Å². The number of nitrogens with one attached hydrogen (secondary N) is 1. The molecule has 0 spiro atoms. The molecule has 3 aromatic carbocycles. The normalized spacial score (nSPS) is 11.1. The summed E-state index contributed by atoms with van der Waals surface area (Å²) in [4.78, 5) is 30.8. The predicted octanol–water partition coefficient (Wildman–Crippen LogP) is 4.13. The minimum Gasteiger partial charge on any atom is -0.497 e. The Morgan fingerprint density at radius 1 is 1.06 bits per heavy atom. The lowest BCUT2D eigenvalue weighted by Crippen LogP contribution is -2.23. The highest BCUT2D eigenvalue weighted by Crippen LogP contribution is 2.25. The Labute approximate surface area is 196 Å². The van der Waals surface area contributed by atoms with Crippen molar-refractivity contribution in [1.82, 2.24) is 18.3 Å². The van der Waals surface area contributed by atoms with E-state index >= 15 is 0 Å². The van der Waals surface area contributed by atoms with Crippen molar-refractivity contribution in [3.63, 3.8) is 0 Å². The minimum absolute atomic E-state index is 0.0582. The number of hydrogen-bond donors (Lipinski definition) is 1. The van der Waals surface area contributed by atoms with Gasteiger partial charge in [0.05, 0.1) is 46.9 Å². The number of fused-ring (bicyclic) bond motifs is 2. The number of para-hydroxylation sites is 1. The van der Waals surface area contributed by atoms with E-state index in [1.807, 2.05) is 18.2 Å². The van der Waals surface area contributed by atoms with E-state index in [4.69, 9.17) is 4.74 Å². The van der Waals surface area contributed by atoms with Gasteiger partial charge in [0.25, 0.3) is 5.56 Å². The van der Waals surface area contributed by atoms with Crippen molar-refractivity contribution in [3.05, 3.63) is 77.1 Å². The number of ether oxygens (including phenoxy) is 1. The lowest BCUT2D eigenvalue weighted by molar-refractivity contribution is -0.113. The van der Waals surface area contributed by atoms with Gasteiger partial charge in [-0.25, -0.2) is 4.98 Å². The molecule has 0 aliphatic rings. The lowest BCUT2D eigenvalue weighted by atomic mass is 10.2. The zero-order valence-corrected chi connectivity index (χ0v) is 19.0. The Kier molecular flexibility index (Phi) is 5.76. The molecule has 0 aliphatic heterocycles. The maximum atomic E-state index is 13.4. The van der Waals surface area contributed by atoms with Gasteiger partial charge in [-0.15, -0.1) is 0 Å². The van der Waals surface area contributed by atoms with Crippen LogP contribution in [0.15, 0.2) is 76.7 Å². The van der Waals surface area contributed by atoms with Crippen LogP contribution in [0.4, 0.5) is 5.69 Å². The Morgan fingerprint density at radius 2 is 1.88 bits per heavy atom. The highest BCUT2D eigenvalue weighted by atomic mass is 32.2. The summed E-state index contributed by atoms with van der Waals surface area (Å²) in [5.41, 5.74) is 2.95. The first kappa shape index (κ1) is 21.1. The number of aromatic nitrogens is 4. The van der Waals surface area contributed by atoms with Crippen molar-refractivity contribution in [3.8, 4) is 11.4 Å². The van der Waals surface area contributed by atoms with Gasteiger partial charge in [-0.05, 0) is 36.4 Å². The third kappa shape index (κ3) is 4.18. The molecule has 2 heterocycles. The molecule has 0 fully saturated rings. The van der Waals surface area contributed by atoms with Gasteiger partial charge < -0.3 is 10.1 Å². The topological polar surface area (TPSA) is 99.0 Å². The van der Waals surface area contributed by atoms with Crippen molar-refractivity contribution < 1.29 is 9.53 Å². The fourth-order valence-electron chi connectivity index (χ4n) is 3.41. The molecule has 0 bridgehead atoms. The number of anilines is 1. The van der Waals surface area contributed by atoms with Crippen LogP contribution in [-0.4, -0.2) is 37.1 Å². The number of carbonyl (C=O) groups is 1. The van der Waals surface area contributed by atoms with Crippen LogP contribution in [0.3, 0.4) is 0 Å². The van der Waals surface area contributed by atoms with Gasteiger partial charge in [0.15, 0.2) is 5.16 Å². The van der Waals surface area contributed by atoms with Crippen molar-refractivity contribution in [2.24, 2.45) is 0 Å². The summed E-state index contributed by atoms with van der Waals surface area (Å²) in [6.45, 7) is 0.